The van der Waals surface area contributed by atoms with Crippen LogP contribution in [0.3, 0.4) is 0 Å². The van der Waals surface area contributed by atoms with Crippen LogP contribution in [0.15, 0.2) is 22.8 Å². The Bertz CT molecular complexity index is 750. The van der Waals surface area contributed by atoms with Gasteiger partial charge >= 0.3 is 12.1 Å². The van der Waals surface area contributed by atoms with E-state index >= 15 is 0 Å². The number of ketones is 1. The summed E-state index contributed by atoms with van der Waals surface area (Å²) in [6.07, 6.45) is -1.62. The number of carbonyl (C=O) groups is 1. The Labute approximate surface area is 154 Å². The van der Waals surface area contributed by atoms with Gasteiger partial charge in [0.05, 0.1) is 0 Å². The van der Waals surface area contributed by atoms with Crippen molar-refractivity contribution in [3.8, 4) is 0 Å². The monoisotopic (exact) mass is 390 g/mol. The molecule has 0 bridgehead atoms. The Morgan fingerprint density at radius 1 is 1.04 bits per heavy atom. The molecular weight excluding hydrogens is 367 g/mol. The lowest BCUT2D eigenvalue weighted by atomic mass is 9.54. The predicted molar refractivity (Wildman–Crippen MR) is 88.1 cm³/mol. The molecule has 0 radical (unpaired) electrons. The fourth-order valence-corrected chi connectivity index (χ4v) is 6.30. The van der Waals surface area contributed by atoms with Gasteiger partial charge in [-0.05, 0) is 74.0 Å². The van der Waals surface area contributed by atoms with E-state index in [-0.39, 0.29) is 24.5 Å². The third kappa shape index (κ3) is 2.36. The summed E-state index contributed by atoms with van der Waals surface area (Å²) in [5.74, 6) is -5.52. The van der Waals surface area contributed by atoms with Crippen LogP contribution in [0.5, 0.6) is 0 Å². The van der Waals surface area contributed by atoms with Crippen LogP contribution >= 0.6 is 0 Å². The molecule has 0 aromatic carbocycles. The first-order valence-electron chi connectivity index (χ1n) is 9.55. The summed E-state index contributed by atoms with van der Waals surface area (Å²) < 4.78 is 68.0. The van der Waals surface area contributed by atoms with Crippen molar-refractivity contribution in [3.63, 3.8) is 0 Å². The van der Waals surface area contributed by atoms with E-state index in [1.165, 1.54) is 6.92 Å². The van der Waals surface area contributed by atoms with Crippen LogP contribution < -0.4 is 0 Å². The summed E-state index contributed by atoms with van der Waals surface area (Å²) in [5.41, 5.74) is -1.30. The van der Waals surface area contributed by atoms with Gasteiger partial charge in [-0.2, -0.15) is 22.0 Å². The van der Waals surface area contributed by atoms with Gasteiger partial charge in [-0.15, -0.1) is 0 Å². The largest absolute Gasteiger partial charge is 0.456 e. The van der Waals surface area contributed by atoms with Gasteiger partial charge in [-0.25, -0.2) is 0 Å². The van der Waals surface area contributed by atoms with Gasteiger partial charge in [0.1, 0.15) is 5.60 Å². The first-order chi connectivity index (χ1) is 12.4. The zero-order chi connectivity index (χ0) is 19.8. The average Bonchev–Trinajstić information content (AvgIpc) is 2.86. The van der Waals surface area contributed by atoms with Crippen molar-refractivity contribution in [1.29, 1.82) is 0 Å². The van der Waals surface area contributed by atoms with Gasteiger partial charge in [0.25, 0.3) is 0 Å². The number of hydrogen-bond acceptors (Lipinski definition) is 2. The molecule has 0 unspecified atom stereocenters. The van der Waals surface area contributed by atoms with Crippen molar-refractivity contribution >= 4 is 5.78 Å². The molecule has 27 heavy (non-hydrogen) atoms. The maximum absolute atomic E-state index is 14.3. The highest BCUT2D eigenvalue weighted by Crippen LogP contribution is 2.68. The van der Waals surface area contributed by atoms with Gasteiger partial charge in [0.2, 0.25) is 0 Å². The highest BCUT2D eigenvalue weighted by Gasteiger charge is 2.78. The summed E-state index contributed by atoms with van der Waals surface area (Å²) in [6, 6.07) is 0. The van der Waals surface area contributed by atoms with Crippen molar-refractivity contribution in [2.75, 3.05) is 0 Å². The second-order valence-electron chi connectivity index (χ2n) is 8.78. The third-order valence-corrected chi connectivity index (χ3v) is 7.76. The second-order valence-corrected chi connectivity index (χ2v) is 8.78. The van der Waals surface area contributed by atoms with Crippen LogP contribution in [-0.2, 0) is 4.79 Å². The molecule has 0 amide bonds. The van der Waals surface area contributed by atoms with Gasteiger partial charge in [-0.1, -0.05) is 12.5 Å². The zero-order valence-electron chi connectivity index (χ0n) is 15.1. The summed E-state index contributed by atoms with van der Waals surface area (Å²) in [4.78, 5) is 11.7. The maximum Gasteiger partial charge on any atom is 0.456 e. The molecular formula is C20H23F5O2. The molecule has 150 valence electrons. The summed E-state index contributed by atoms with van der Waals surface area (Å²) >= 11 is 0. The highest BCUT2D eigenvalue weighted by molar-refractivity contribution is 5.93. The third-order valence-electron chi connectivity index (χ3n) is 7.76. The number of aliphatic hydroxyl groups is 1. The van der Waals surface area contributed by atoms with Crippen LogP contribution in [0.2, 0.25) is 0 Å². The van der Waals surface area contributed by atoms with Crippen molar-refractivity contribution in [1.82, 2.24) is 0 Å². The SMILES string of the molecule is C[C@]12CCC3=C4CCC(=O)C=C4CC[C@H]3[C@@H]1CC[C@@]2(O)C(F)(F)C(F)(F)F. The molecule has 0 aromatic heterocycles. The van der Waals surface area contributed by atoms with Gasteiger partial charge in [0, 0.05) is 11.8 Å². The highest BCUT2D eigenvalue weighted by atomic mass is 19.4. The molecule has 0 aromatic rings. The Morgan fingerprint density at radius 3 is 2.41 bits per heavy atom. The molecule has 2 saturated carbocycles. The van der Waals surface area contributed by atoms with Crippen LogP contribution in [-0.4, -0.2) is 28.6 Å². The topological polar surface area (TPSA) is 37.3 Å². The van der Waals surface area contributed by atoms with E-state index in [0.717, 1.165) is 16.7 Å². The van der Waals surface area contributed by atoms with Crippen LogP contribution in [0.1, 0.15) is 58.3 Å². The fourth-order valence-electron chi connectivity index (χ4n) is 6.30. The van der Waals surface area contributed by atoms with E-state index in [1.807, 2.05) is 0 Å². The molecule has 0 spiro atoms. The molecule has 4 atom stereocenters. The first kappa shape index (κ1) is 19.1. The number of alkyl halides is 5. The first-order valence-corrected chi connectivity index (χ1v) is 9.55. The number of halogens is 5. The predicted octanol–water partition coefficient (Wildman–Crippen LogP) is 5.12. The van der Waals surface area contributed by atoms with Gasteiger partial charge < -0.3 is 5.11 Å². The maximum atomic E-state index is 14.3. The van der Waals surface area contributed by atoms with E-state index in [1.54, 1.807) is 6.08 Å². The smallest absolute Gasteiger partial charge is 0.383 e. The zero-order valence-corrected chi connectivity index (χ0v) is 15.1. The normalized spacial score (nSPS) is 39.7. The second kappa shape index (κ2) is 5.65. The van der Waals surface area contributed by atoms with Crippen molar-refractivity contribution in [2.24, 2.45) is 17.3 Å². The van der Waals surface area contributed by atoms with E-state index in [4.69, 9.17) is 0 Å². The molecule has 7 heteroatoms. The molecule has 0 heterocycles. The summed E-state index contributed by atoms with van der Waals surface area (Å²) in [6.45, 7) is 1.42. The minimum Gasteiger partial charge on any atom is -0.383 e. The minimum atomic E-state index is -5.77. The van der Waals surface area contributed by atoms with Crippen molar-refractivity contribution in [3.05, 3.63) is 22.8 Å². The molecule has 0 aliphatic heterocycles. The van der Waals surface area contributed by atoms with Crippen LogP contribution in [0, 0.1) is 17.3 Å². The van der Waals surface area contributed by atoms with Gasteiger partial charge in [-0.3, -0.25) is 4.79 Å². The lowest BCUT2D eigenvalue weighted by Gasteiger charge is -2.53. The lowest BCUT2D eigenvalue weighted by Crippen LogP contribution is -2.64. The van der Waals surface area contributed by atoms with Gasteiger partial charge in [0.15, 0.2) is 5.78 Å². The molecule has 2 fully saturated rings. The number of allylic oxidation sites excluding steroid dienone is 4. The van der Waals surface area contributed by atoms with Crippen LogP contribution in [0.4, 0.5) is 22.0 Å². The van der Waals surface area contributed by atoms with Crippen molar-refractivity contribution < 1.29 is 31.9 Å². The standard InChI is InChI=1S/C20H23F5O2/c1-17-8-6-14-13-5-3-12(26)10-11(13)2-4-15(14)16(17)7-9-18(17,27)19(21,22)20(23,24)25/h10,15-16,27H,2-9H2,1H3/t15-,16+,17+,18+/m1/s1. The molecule has 2 nitrogen and oxygen atoms in total. The minimum absolute atomic E-state index is 0.0813. The van der Waals surface area contributed by atoms with E-state index in [9.17, 15) is 31.9 Å². The quantitative estimate of drug-likeness (QED) is 0.631. The number of rotatable bonds is 1. The van der Waals surface area contributed by atoms with Crippen molar-refractivity contribution in [2.45, 2.75) is 76.0 Å². The van der Waals surface area contributed by atoms with E-state index in [0.29, 0.717) is 32.1 Å². The molecule has 4 rings (SSSR count). The number of fused-ring (bicyclic) bond motifs is 4. The van der Waals surface area contributed by atoms with Crippen LogP contribution in [0.25, 0.3) is 0 Å². The molecule has 0 saturated heterocycles. The Kier molecular flexibility index (Phi) is 3.99. The average molecular weight is 390 g/mol. The Morgan fingerprint density at radius 2 is 1.74 bits per heavy atom. The molecule has 4 aliphatic carbocycles. The number of hydrogen-bond donors (Lipinski definition) is 1. The van der Waals surface area contributed by atoms with E-state index < -0.39 is 35.5 Å². The number of carbonyl (C=O) groups excluding carboxylic acids is 1. The molecule has 4 aliphatic rings. The Hall–Kier alpha value is -1.24. The molecule has 1 N–H and O–H groups in total. The summed E-state index contributed by atoms with van der Waals surface area (Å²) in [7, 11) is 0. The van der Waals surface area contributed by atoms with E-state index in [2.05, 4.69) is 0 Å². The Balaban J connectivity index is 1.74. The lowest BCUT2D eigenvalue weighted by molar-refractivity contribution is -0.362. The fraction of sp³-hybridized carbons (Fsp3) is 0.750. The summed E-state index contributed by atoms with van der Waals surface area (Å²) in [5, 5.41) is 10.7.